The highest BCUT2D eigenvalue weighted by Crippen LogP contribution is 2.44. The van der Waals surface area contributed by atoms with Gasteiger partial charge in [0.2, 0.25) is 0 Å². The molecule has 20 heavy (non-hydrogen) atoms. The highest BCUT2D eigenvalue weighted by Gasteiger charge is 2.49. The maximum atomic E-state index is 13.9. The zero-order chi connectivity index (χ0) is 15.0. The van der Waals surface area contributed by atoms with Gasteiger partial charge in [-0.1, -0.05) is 31.9 Å². The first-order valence-corrected chi connectivity index (χ1v) is 7.09. The Morgan fingerprint density at radius 3 is 2.75 bits per heavy atom. The summed E-state index contributed by atoms with van der Waals surface area (Å²) in [5.41, 5.74) is -1.32. The summed E-state index contributed by atoms with van der Waals surface area (Å²) in [4.78, 5) is 12.6. The minimum atomic E-state index is -1.13. The van der Waals surface area contributed by atoms with Gasteiger partial charge < -0.3 is 0 Å². The summed E-state index contributed by atoms with van der Waals surface area (Å²) in [7, 11) is 0. The normalized spacial score (nSPS) is 25.2. The molecular formula is C16H17ClFNO. The fraction of sp³-hybridized carbons (Fsp3) is 0.500. The topological polar surface area (TPSA) is 40.9 Å². The van der Waals surface area contributed by atoms with Crippen molar-refractivity contribution in [3.63, 3.8) is 0 Å². The van der Waals surface area contributed by atoms with Gasteiger partial charge in [-0.15, -0.1) is 0 Å². The van der Waals surface area contributed by atoms with E-state index < -0.39 is 16.6 Å². The first-order valence-electron chi connectivity index (χ1n) is 6.71. The van der Waals surface area contributed by atoms with Crippen LogP contribution in [-0.2, 0) is 11.2 Å². The Kier molecular flexibility index (Phi) is 3.88. The summed E-state index contributed by atoms with van der Waals surface area (Å²) >= 11 is 5.88. The summed E-state index contributed by atoms with van der Waals surface area (Å²) in [5, 5.41) is 9.95. The van der Waals surface area contributed by atoms with Crippen molar-refractivity contribution >= 4 is 17.4 Å². The zero-order valence-electron chi connectivity index (χ0n) is 11.7. The van der Waals surface area contributed by atoms with E-state index >= 15 is 0 Å². The molecular weight excluding hydrogens is 277 g/mol. The van der Waals surface area contributed by atoms with E-state index in [4.69, 9.17) is 11.6 Å². The predicted molar refractivity (Wildman–Crippen MR) is 75.8 cm³/mol. The van der Waals surface area contributed by atoms with Crippen LogP contribution in [0.3, 0.4) is 0 Å². The lowest BCUT2D eigenvalue weighted by atomic mass is 9.61. The molecule has 0 bridgehead atoms. The van der Waals surface area contributed by atoms with Crippen molar-refractivity contribution in [2.45, 2.75) is 39.5 Å². The van der Waals surface area contributed by atoms with Crippen LogP contribution >= 0.6 is 11.6 Å². The highest BCUT2D eigenvalue weighted by molar-refractivity contribution is 6.30. The molecule has 1 aliphatic rings. The van der Waals surface area contributed by atoms with Gasteiger partial charge in [0.15, 0.2) is 5.78 Å². The zero-order valence-corrected chi connectivity index (χ0v) is 12.4. The first-order chi connectivity index (χ1) is 9.31. The molecule has 106 valence electrons. The van der Waals surface area contributed by atoms with Gasteiger partial charge in [-0.2, -0.15) is 5.26 Å². The van der Waals surface area contributed by atoms with Gasteiger partial charge in [0.25, 0.3) is 0 Å². The molecule has 0 amide bonds. The average Bonchev–Trinajstić information content (AvgIpc) is 2.39. The highest BCUT2D eigenvalue weighted by atomic mass is 35.5. The average molecular weight is 294 g/mol. The minimum absolute atomic E-state index is 0.0851. The Morgan fingerprint density at radius 2 is 2.10 bits per heavy atom. The van der Waals surface area contributed by atoms with Crippen LogP contribution in [-0.4, -0.2) is 5.78 Å². The quantitative estimate of drug-likeness (QED) is 0.815. The number of Topliss-reactive ketones (excluding diaryl/α,β-unsaturated/α-hetero) is 1. The van der Waals surface area contributed by atoms with Crippen LogP contribution in [0.2, 0.25) is 5.02 Å². The van der Waals surface area contributed by atoms with E-state index in [0.29, 0.717) is 17.0 Å². The first kappa shape index (κ1) is 15.0. The number of carbonyl (C=O) groups is 1. The molecule has 4 heteroatoms. The second kappa shape index (κ2) is 5.18. The van der Waals surface area contributed by atoms with Gasteiger partial charge in [-0.3, -0.25) is 4.79 Å². The number of hydrogen-bond donors (Lipinski definition) is 0. The largest absolute Gasteiger partial charge is 0.297 e. The molecule has 1 aliphatic carbocycles. The van der Waals surface area contributed by atoms with Gasteiger partial charge in [-0.25, -0.2) is 4.39 Å². The van der Waals surface area contributed by atoms with Crippen molar-refractivity contribution in [3.05, 3.63) is 34.6 Å². The number of halogens is 2. The van der Waals surface area contributed by atoms with Gasteiger partial charge in [0.05, 0.1) is 6.07 Å². The van der Waals surface area contributed by atoms with E-state index in [1.54, 1.807) is 0 Å². The Balaban J connectivity index is 2.40. The SMILES string of the molecule is CC1(C)CCCC(C#N)(Cc2cc(Cl)ccc2F)C1=O. The molecule has 1 aromatic carbocycles. The summed E-state index contributed by atoms with van der Waals surface area (Å²) < 4.78 is 13.9. The van der Waals surface area contributed by atoms with E-state index in [1.165, 1.54) is 18.2 Å². The van der Waals surface area contributed by atoms with Crippen LogP contribution in [0.1, 0.15) is 38.7 Å². The minimum Gasteiger partial charge on any atom is -0.297 e. The standard InChI is InChI=1S/C16H17ClFNO/c1-15(2)6-3-7-16(10-19,14(15)20)9-11-8-12(17)4-5-13(11)18/h4-5,8H,3,6-7,9H2,1-2H3. The molecule has 0 spiro atoms. The molecule has 1 fully saturated rings. The van der Waals surface area contributed by atoms with Crippen molar-refractivity contribution in [1.29, 1.82) is 5.26 Å². The third-order valence-electron chi connectivity index (χ3n) is 4.17. The van der Waals surface area contributed by atoms with E-state index in [2.05, 4.69) is 6.07 Å². The van der Waals surface area contributed by atoms with Crippen LogP contribution in [0.15, 0.2) is 18.2 Å². The molecule has 0 aliphatic heterocycles. The van der Waals surface area contributed by atoms with E-state index in [9.17, 15) is 14.4 Å². The second-order valence-electron chi connectivity index (χ2n) is 6.17. The maximum Gasteiger partial charge on any atom is 0.158 e. The lowest BCUT2D eigenvalue weighted by Gasteiger charge is -2.39. The Hall–Kier alpha value is -1.40. The third-order valence-corrected chi connectivity index (χ3v) is 4.40. The molecule has 0 aromatic heterocycles. The molecule has 0 heterocycles. The molecule has 1 atom stereocenters. The summed E-state index contributed by atoms with van der Waals surface area (Å²) in [6.45, 7) is 3.71. The van der Waals surface area contributed by atoms with E-state index in [1.807, 2.05) is 13.8 Å². The van der Waals surface area contributed by atoms with Crippen molar-refractivity contribution < 1.29 is 9.18 Å². The monoisotopic (exact) mass is 293 g/mol. The molecule has 0 radical (unpaired) electrons. The number of nitrogens with zero attached hydrogens (tertiary/aromatic N) is 1. The predicted octanol–water partition coefficient (Wildman–Crippen LogP) is 4.31. The lowest BCUT2D eigenvalue weighted by Crippen LogP contribution is -2.45. The van der Waals surface area contributed by atoms with Crippen LogP contribution in [0.4, 0.5) is 4.39 Å². The van der Waals surface area contributed by atoms with Crippen LogP contribution in [0.5, 0.6) is 0 Å². The van der Waals surface area contributed by atoms with Crippen LogP contribution in [0, 0.1) is 28.0 Å². The fourth-order valence-electron chi connectivity index (χ4n) is 3.03. The maximum absolute atomic E-state index is 13.9. The van der Waals surface area contributed by atoms with Gasteiger partial charge >= 0.3 is 0 Å². The van der Waals surface area contributed by atoms with Crippen LogP contribution < -0.4 is 0 Å². The summed E-state index contributed by atoms with van der Waals surface area (Å²) in [6.07, 6.45) is 2.15. The smallest absolute Gasteiger partial charge is 0.158 e. The third kappa shape index (κ3) is 2.58. The van der Waals surface area contributed by atoms with Gasteiger partial charge in [0.1, 0.15) is 11.2 Å². The molecule has 1 unspecified atom stereocenters. The van der Waals surface area contributed by atoms with Crippen molar-refractivity contribution in [1.82, 2.24) is 0 Å². The lowest BCUT2D eigenvalue weighted by molar-refractivity contribution is -0.138. The fourth-order valence-corrected chi connectivity index (χ4v) is 3.22. The number of carbonyl (C=O) groups excluding carboxylic acids is 1. The van der Waals surface area contributed by atoms with Gasteiger partial charge in [-0.05, 0) is 36.6 Å². The molecule has 1 aromatic rings. The molecule has 2 nitrogen and oxygen atoms in total. The molecule has 0 N–H and O–H groups in total. The van der Waals surface area contributed by atoms with Crippen molar-refractivity contribution in [2.75, 3.05) is 0 Å². The van der Waals surface area contributed by atoms with Crippen LogP contribution in [0.25, 0.3) is 0 Å². The summed E-state index contributed by atoms with van der Waals surface area (Å²) in [5.74, 6) is -0.502. The number of rotatable bonds is 2. The Bertz CT molecular complexity index is 591. The number of benzene rings is 1. The Labute approximate surface area is 123 Å². The molecule has 2 rings (SSSR count). The molecule has 0 saturated heterocycles. The Morgan fingerprint density at radius 1 is 1.40 bits per heavy atom. The van der Waals surface area contributed by atoms with E-state index in [0.717, 1.165) is 12.8 Å². The van der Waals surface area contributed by atoms with Crippen molar-refractivity contribution in [3.8, 4) is 6.07 Å². The van der Waals surface area contributed by atoms with E-state index in [-0.39, 0.29) is 12.2 Å². The van der Waals surface area contributed by atoms with Gasteiger partial charge in [0, 0.05) is 16.9 Å². The number of nitriles is 1. The number of hydrogen-bond acceptors (Lipinski definition) is 2. The van der Waals surface area contributed by atoms with Crippen molar-refractivity contribution in [2.24, 2.45) is 10.8 Å². The molecule has 1 saturated carbocycles. The summed E-state index contributed by atoms with van der Waals surface area (Å²) in [6, 6.07) is 6.41. The number of ketones is 1. The second-order valence-corrected chi connectivity index (χ2v) is 6.61.